The van der Waals surface area contributed by atoms with Gasteiger partial charge >= 0.3 is 0 Å². The van der Waals surface area contributed by atoms with Crippen molar-refractivity contribution in [2.45, 2.75) is 26.0 Å². The molecule has 2 aromatic carbocycles. The van der Waals surface area contributed by atoms with Crippen LogP contribution in [0.4, 0.5) is 8.78 Å². The van der Waals surface area contributed by atoms with Gasteiger partial charge < -0.3 is 20.1 Å². The molecule has 0 bridgehead atoms. The van der Waals surface area contributed by atoms with Crippen molar-refractivity contribution >= 4 is 11.8 Å². The van der Waals surface area contributed by atoms with Crippen molar-refractivity contribution in [3.63, 3.8) is 0 Å². The molecule has 2 atom stereocenters. The third-order valence-electron chi connectivity index (χ3n) is 4.50. The number of carbonyl (C=O) groups is 2. The SMILES string of the molecule is CC(C)[C@H](NC(=O)c1c(F)cccc1F)C(=O)NCC1COc2ccccc2O1. The quantitative estimate of drug-likeness (QED) is 0.776. The van der Waals surface area contributed by atoms with E-state index in [9.17, 15) is 18.4 Å². The van der Waals surface area contributed by atoms with Crippen LogP contribution in [0.15, 0.2) is 42.5 Å². The van der Waals surface area contributed by atoms with E-state index in [1.54, 1.807) is 26.0 Å². The number of hydrogen-bond acceptors (Lipinski definition) is 4. The van der Waals surface area contributed by atoms with Gasteiger partial charge in [-0.2, -0.15) is 0 Å². The molecule has 3 rings (SSSR count). The second-order valence-corrected chi connectivity index (χ2v) is 7.03. The molecule has 154 valence electrons. The Morgan fingerprint density at radius 2 is 1.72 bits per heavy atom. The first-order valence-electron chi connectivity index (χ1n) is 9.28. The molecular weight excluding hydrogens is 382 g/mol. The van der Waals surface area contributed by atoms with Gasteiger partial charge in [-0.15, -0.1) is 0 Å². The zero-order valence-electron chi connectivity index (χ0n) is 16.1. The van der Waals surface area contributed by atoms with Crippen LogP contribution in [0.2, 0.25) is 0 Å². The minimum absolute atomic E-state index is 0.153. The molecule has 0 fully saturated rings. The Hall–Kier alpha value is -3.16. The first-order chi connectivity index (χ1) is 13.9. The highest BCUT2D eigenvalue weighted by atomic mass is 19.1. The van der Waals surface area contributed by atoms with Gasteiger partial charge in [0.25, 0.3) is 5.91 Å². The summed E-state index contributed by atoms with van der Waals surface area (Å²) in [5.41, 5.74) is -0.716. The number of amides is 2. The third kappa shape index (κ3) is 4.82. The summed E-state index contributed by atoms with van der Waals surface area (Å²) < 4.78 is 39.0. The Labute approximate surface area is 167 Å². The molecular formula is C21H22F2N2O4. The lowest BCUT2D eigenvalue weighted by atomic mass is 10.0. The number of hydrogen-bond donors (Lipinski definition) is 2. The summed E-state index contributed by atoms with van der Waals surface area (Å²) in [6, 6.07) is 9.37. The van der Waals surface area contributed by atoms with Crippen LogP contribution >= 0.6 is 0 Å². The number of fused-ring (bicyclic) bond motifs is 1. The largest absolute Gasteiger partial charge is 0.486 e. The lowest BCUT2D eigenvalue weighted by Gasteiger charge is -2.28. The number of halogens is 2. The Balaban J connectivity index is 1.61. The van der Waals surface area contributed by atoms with Gasteiger partial charge in [0.1, 0.15) is 36.0 Å². The molecule has 0 radical (unpaired) electrons. The fraction of sp³-hybridized carbons (Fsp3) is 0.333. The molecule has 0 aromatic heterocycles. The lowest BCUT2D eigenvalue weighted by Crippen LogP contribution is -2.52. The topological polar surface area (TPSA) is 76.7 Å². The smallest absolute Gasteiger partial charge is 0.257 e. The van der Waals surface area contributed by atoms with Crippen molar-refractivity contribution in [3.05, 3.63) is 59.7 Å². The fourth-order valence-corrected chi connectivity index (χ4v) is 2.95. The zero-order chi connectivity index (χ0) is 21.0. The average Bonchev–Trinajstić information content (AvgIpc) is 2.69. The summed E-state index contributed by atoms with van der Waals surface area (Å²) in [6.45, 7) is 3.86. The Kier molecular flexibility index (Phi) is 6.31. The number of ether oxygens (including phenoxy) is 2. The van der Waals surface area contributed by atoms with Crippen LogP contribution in [0, 0.1) is 17.6 Å². The second kappa shape index (κ2) is 8.89. The molecule has 1 aliphatic rings. The standard InChI is InChI=1S/C21H22F2N2O4/c1-12(2)19(25-20(26)18-14(22)6-5-7-15(18)23)21(27)24-10-13-11-28-16-8-3-4-9-17(16)29-13/h3-9,12-13,19H,10-11H2,1-2H3,(H,24,27)(H,25,26)/t13?,19-/m0/s1. The molecule has 2 aromatic rings. The minimum Gasteiger partial charge on any atom is -0.486 e. The van der Waals surface area contributed by atoms with Gasteiger partial charge in [-0.05, 0) is 30.2 Å². The summed E-state index contributed by atoms with van der Waals surface area (Å²) in [4.78, 5) is 24.9. The van der Waals surface area contributed by atoms with Crippen molar-refractivity contribution in [2.24, 2.45) is 5.92 Å². The number of rotatable bonds is 6. The normalized spacial score (nSPS) is 16.2. The highest BCUT2D eigenvalue weighted by Crippen LogP contribution is 2.30. The van der Waals surface area contributed by atoms with Gasteiger partial charge in [-0.3, -0.25) is 9.59 Å². The maximum absolute atomic E-state index is 13.8. The van der Waals surface area contributed by atoms with E-state index in [4.69, 9.17) is 9.47 Å². The van der Waals surface area contributed by atoms with Crippen molar-refractivity contribution in [3.8, 4) is 11.5 Å². The van der Waals surface area contributed by atoms with Gasteiger partial charge in [-0.25, -0.2) is 8.78 Å². The average molecular weight is 404 g/mol. The van der Waals surface area contributed by atoms with Gasteiger partial charge in [0.15, 0.2) is 11.5 Å². The zero-order valence-corrected chi connectivity index (χ0v) is 16.1. The summed E-state index contributed by atoms with van der Waals surface area (Å²) in [5.74, 6) is -2.53. The van der Waals surface area contributed by atoms with Crippen molar-refractivity contribution in [1.82, 2.24) is 10.6 Å². The molecule has 1 unspecified atom stereocenters. The maximum atomic E-state index is 13.8. The molecule has 1 heterocycles. The van der Waals surface area contributed by atoms with Crippen LogP contribution in [0.5, 0.6) is 11.5 Å². The van der Waals surface area contributed by atoms with Gasteiger partial charge in [-0.1, -0.05) is 32.0 Å². The molecule has 0 spiro atoms. The van der Waals surface area contributed by atoms with E-state index in [0.29, 0.717) is 11.5 Å². The second-order valence-electron chi connectivity index (χ2n) is 7.03. The van der Waals surface area contributed by atoms with E-state index < -0.39 is 41.2 Å². The van der Waals surface area contributed by atoms with Crippen LogP contribution < -0.4 is 20.1 Å². The van der Waals surface area contributed by atoms with Gasteiger partial charge in [0.2, 0.25) is 5.91 Å². The van der Waals surface area contributed by atoms with Gasteiger partial charge in [0, 0.05) is 0 Å². The van der Waals surface area contributed by atoms with Crippen LogP contribution in [-0.2, 0) is 4.79 Å². The highest BCUT2D eigenvalue weighted by Gasteiger charge is 2.28. The van der Waals surface area contributed by atoms with Crippen LogP contribution in [0.3, 0.4) is 0 Å². The number of carbonyl (C=O) groups excluding carboxylic acids is 2. The van der Waals surface area contributed by atoms with Crippen molar-refractivity contribution < 1.29 is 27.8 Å². The van der Waals surface area contributed by atoms with Crippen molar-refractivity contribution in [1.29, 1.82) is 0 Å². The summed E-state index contributed by atoms with van der Waals surface area (Å²) in [7, 11) is 0. The van der Waals surface area contributed by atoms with Crippen LogP contribution in [0.1, 0.15) is 24.2 Å². The Bertz CT molecular complexity index is 884. The summed E-state index contributed by atoms with van der Waals surface area (Å²) >= 11 is 0. The predicted octanol–water partition coefficient (Wildman–Crippen LogP) is 2.68. The molecule has 1 aliphatic heterocycles. The molecule has 0 aliphatic carbocycles. The maximum Gasteiger partial charge on any atom is 0.257 e. The molecule has 2 N–H and O–H groups in total. The Morgan fingerprint density at radius 3 is 2.38 bits per heavy atom. The summed E-state index contributed by atoms with van der Waals surface area (Å²) in [5, 5.41) is 5.12. The van der Waals surface area contributed by atoms with E-state index >= 15 is 0 Å². The van der Waals surface area contributed by atoms with Crippen LogP contribution in [0.25, 0.3) is 0 Å². The third-order valence-corrected chi connectivity index (χ3v) is 4.50. The van der Waals surface area contributed by atoms with E-state index in [0.717, 1.165) is 12.1 Å². The van der Waals surface area contributed by atoms with Crippen LogP contribution in [-0.4, -0.2) is 37.1 Å². The molecule has 6 nitrogen and oxygen atoms in total. The van der Waals surface area contributed by atoms with Gasteiger partial charge in [0.05, 0.1) is 6.54 Å². The highest BCUT2D eigenvalue weighted by molar-refractivity contribution is 5.98. The minimum atomic E-state index is -0.989. The molecule has 29 heavy (non-hydrogen) atoms. The first kappa shape index (κ1) is 20.6. The summed E-state index contributed by atoms with van der Waals surface area (Å²) in [6.07, 6.45) is -0.402. The van der Waals surface area contributed by atoms with E-state index in [2.05, 4.69) is 10.6 Å². The number of nitrogens with one attached hydrogen (secondary N) is 2. The molecule has 2 amide bonds. The molecule has 0 saturated carbocycles. The lowest BCUT2D eigenvalue weighted by molar-refractivity contribution is -0.124. The monoisotopic (exact) mass is 404 g/mol. The van der Waals surface area contributed by atoms with E-state index in [1.165, 1.54) is 6.07 Å². The van der Waals surface area contributed by atoms with E-state index in [1.807, 2.05) is 12.1 Å². The number of benzene rings is 2. The first-order valence-corrected chi connectivity index (χ1v) is 9.28. The predicted molar refractivity (Wildman–Crippen MR) is 102 cm³/mol. The number of para-hydroxylation sites is 2. The Morgan fingerprint density at radius 1 is 1.07 bits per heavy atom. The molecule has 0 saturated heterocycles. The molecule has 8 heteroatoms. The van der Waals surface area contributed by atoms with E-state index in [-0.39, 0.29) is 19.1 Å². The van der Waals surface area contributed by atoms with Crippen molar-refractivity contribution in [2.75, 3.05) is 13.2 Å². The fourth-order valence-electron chi connectivity index (χ4n) is 2.95.